The number of rotatable bonds is 8. The van der Waals surface area contributed by atoms with Gasteiger partial charge in [-0.3, -0.25) is 15.1 Å². The molecule has 0 radical (unpaired) electrons. The highest BCUT2D eigenvalue weighted by Crippen LogP contribution is 2.31. The van der Waals surface area contributed by atoms with E-state index in [1.165, 1.54) is 0 Å². The summed E-state index contributed by atoms with van der Waals surface area (Å²) in [6.45, 7) is 7.74. The van der Waals surface area contributed by atoms with Crippen molar-refractivity contribution >= 4 is 34.7 Å². The van der Waals surface area contributed by atoms with Crippen molar-refractivity contribution in [2.75, 3.05) is 18.5 Å². The molecular formula is C26H31N5O5. The van der Waals surface area contributed by atoms with Crippen molar-refractivity contribution in [2.24, 2.45) is 0 Å². The second kappa shape index (κ2) is 12.0. The first kappa shape index (κ1) is 26.4. The third-order valence-corrected chi connectivity index (χ3v) is 4.94. The number of pyridine rings is 2. The molecular weight excluding hydrogens is 462 g/mol. The van der Waals surface area contributed by atoms with Crippen molar-refractivity contribution in [3.63, 3.8) is 0 Å². The van der Waals surface area contributed by atoms with Crippen LogP contribution in [0.3, 0.4) is 0 Å². The second-order valence-electron chi connectivity index (χ2n) is 8.93. The molecule has 2 aromatic heterocycles. The van der Waals surface area contributed by atoms with E-state index in [2.05, 4.69) is 25.9 Å². The summed E-state index contributed by atoms with van der Waals surface area (Å²) in [5.74, 6) is -0.0356. The van der Waals surface area contributed by atoms with Crippen LogP contribution in [0.15, 0.2) is 48.9 Å². The Hall–Kier alpha value is -4.21. The van der Waals surface area contributed by atoms with Crippen LogP contribution in [-0.4, -0.2) is 46.8 Å². The van der Waals surface area contributed by atoms with E-state index in [4.69, 9.17) is 9.47 Å². The molecule has 3 rings (SSSR count). The van der Waals surface area contributed by atoms with E-state index < -0.39 is 17.7 Å². The van der Waals surface area contributed by atoms with Crippen molar-refractivity contribution in [3.8, 4) is 11.1 Å². The quantitative estimate of drug-likeness (QED) is 0.396. The molecule has 0 atom stereocenters. The lowest BCUT2D eigenvalue weighted by Crippen LogP contribution is -2.28. The number of carbonyl (C=O) groups is 3. The van der Waals surface area contributed by atoms with Gasteiger partial charge >= 0.3 is 18.1 Å². The molecule has 0 bridgehead atoms. The van der Waals surface area contributed by atoms with Crippen molar-refractivity contribution in [3.05, 3.63) is 54.5 Å². The molecule has 3 amide bonds. The van der Waals surface area contributed by atoms with Gasteiger partial charge in [-0.1, -0.05) is 12.1 Å². The van der Waals surface area contributed by atoms with E-state index in [-0.39, 0.29) is 25.6 Å². The van der Waals surface area contributed by atoms with Gasteiger partial charge in [0.25, 0.3) is 0 Å². The van der Waals surface area contributed by atoms with Crippen molar-refractivity contribution in [1.82, 2.24) is 20.6 Å². The molecule has 3 N–H and O–H groups in total. The zero-order valence-corrected chi connectivity index (χ0v) is 20.9. The van der Waals surface area contributed by atoms with E-state index in [1.807, 2.05) is 31.2 Å². The van der Waals surface area contributed by atoms with Gasteiger partial charge in [0.15, 0.2) is 0 Å². The number of fused-ring (bicyclic) bond motifs is 1. The van der Waals surface area contributed by atoms with Crippen molar-refractivity contribution in [1.29, 1.82) is 0 Å². The number of alkyl carbamates (subject to hydrolysis) is 1. The van der Waals surface area contributed by atoms with Crippen LogP contribution in [0.2, 0.25) is 0 Å². The Bertz CT molecular complexity index is 1220. The number of esters is 1. The molecule has 3 aromatic rings. The number of benzene rings is 1. The zero-order chi connectivity index (χ0) is 26.1. The number of aromatic nitrogens is 2. The number of ether oxygens (including phenoxy) is 2. The van der Waals surface area contributed by atoms with Crippen LogP contribution >= 0.6 is 0 Å². The van der Waals surface area contributed by atoms with Crippen molar-refractivity contribution < 1.29 is 23.9 Å². The molecule has 0 aliphatic carbocycles. The van der Waals surface area contributed by atoms with Crippen LogP contribution < -0.4 is 16.0 Å². The summed E-state index contributed by atoms with van der Waals surface area (Å²) >= 11 is 0. The number of amides is 3. The van der Waals surface area contributed by atoms with Crippen LogP contribution in [0.1, 0.15) is 39.7 Å². The number of hydrogen-bond donors (Lipinski definition) is 3. The first-order valence-corrected chi connectivity index (χ1v) is 11.7. The number of carbonyl (C=O) groups excluding carboxylic acids is 3. The first-order chi connectivity index (χ1) is 17.2. The van der Waals surface area contributed by atoms with Crippen molar-refractivity contribution in [2.45, 2.75) is 46.3 Å². The predicted molar refractivity (Wildman–Crippen MR) is 136 cm³/mol. The van der Waals surface area contributed by atoms with Crippen LogP contribution in [0.5, 0.6) is 0 Å². The summed E-state index contributed by atoms with van der Waals surface area (Å²) in [7, 11) is 0. The van der Waals surface area contributed by atoms with Gasteiger partial charge in [-0.2, -0.15) is 0 Å². The Balaban J connectivity index is 1.75. The standard InChI is InChI=1S/C26H31N5O5/c1-5-28-24(33)31-22-14-20-19(17-8-11-27-12-9-17)7-6-18(21(20)16-29-22)15-30-25(34)35-13-10-23(32)36-26(2,3)4/h6-9,11-12,14,16H,5,10,13,15H2,1-4H3,(H,30,34)(H2,28,29,31,33). The van der Waals surface area contributed by atoms with Crippen LogP contribution in [-0.2, 0) is 20.8 Å². The average Bonchev–Trinajstić information content (AvgIpc) is 2.82. The summed E-state index contributed by atoms with van der Waals surface area (Å²) in [5.41, 5.74) is 2.10. The average molecular weight is 494 g/mol. The minimum absolute atomic E-state index is 0.0282. The topological polar surface area (TPSA) is 132 Å². The highest BCUT2D eigenvalue weighted by molar-refractivity contribution is 6.00. The zero-order valence-electron chi connectivity index (χ0n) is 20.9. The largest absolute Gasteiger partial charge is 0.460 e. The molecule has 0 saturated heterocycles. The third kappa shape index (κ3) is 7.66. The highest BCUT2D eigenvalue weighted by Gasteiger charge is 2.17. The molecule has 0 aliphatic rings. The fraction of sp³-hybridized carbons (Fsp3) is 0.346. The molecule has 1 aromatic carbocycles. The maximum atomic E-state index is 12.2. The molecule has 36 heavy (non-hydrogen) atoms. The molecule has 10 heteroatoms. The van der Waals surface area contributed by atoms with Gasteiger partial charge in [0, 0.05) is 37.1 Å². The fourth-order valence-electron chi connectivity index (χ4n) is 3.46. The lowest BCUT2D eigenvalue weighted by Gasteiger charge is -2.19. The second-order valence-corrected chi connectivity index (χ2v) is 8.93. The van der Waals surface area contributed by atoms with E-state index in [0.717, 1.165) is 27.5 Å². The fourth-order valence-corrected chi connectivity index (χ4v) is 3.46. The van der Waals surface area contributed by atoms with E-state index in [9.17, 15) is 14.4 Å². The monoisotopic (exact) mass is 493 g/mol. The number of nitrogens with one attached hydrogen (secondary N) is 3. The predicted octanol–water partition coefficient (Wildman–Crippen LogP) is 4.40. The molecule has 2 heterocycles. The Morgan fingerprint density at radius 1 is 1.00 bits per heavy atom. The summed E-state index contributed by atoms with van der Waals surface area (Å²) in [5, 5.41) is 9.77. The van der Waals surface area contributed by atoms with E-state index in [1.54, 1.807) is 45.4 Å². The van der Waals surface area contributed by atoms with Crippen LogP contribution in [0.4, 0.5) is 15.4 Å². The Morgan fingerprint density at radius 2 is 1.75 bits per heavy atom. The molecule has 0 saturated carbocycles. The lowest BCUT2D eigenvalue weighted by atomic mass is 9.96. The Labute approximate surface area is 209 Å². The van der Waals surface area contributed by atoms with E-state index in [0.29, 0.717) is 12.4 Å². The number of urea groups is 1. The molecule has 0 unspecified atom stereocenters. The summed E-state index contributed by atoms with van der Waals surface area (Å²) in [6, 6.07) is 9.08. The summed E-state index contributed by atoms with van der Waals surface area (Å²) < 4.78 is 10.3. The molecule has 10 nitrogen and oxygen atoms in total. The Morgan fingerprint density at radius 3 is 2.44 bits per heavy atom. The van der Waals surface area contributed by atoms with Crippen LogP contribution in [0.25, 0.3) is 21.9 Å². The molecule has 190 valence electrons. The first-order valence-electron chi connectivity index (χ1n) is 11.7. The van der Waals surface area contributed by atoms with Gasteiger partial charge in [-0.15, -0.1) is 0 Å². The molecule has 0 spiro atoms. The minimum atomic E-state index is -0.646. The number of anilines is 1. The maximum Gasteiger partial charge on any atom is 0.407 e. The maximum absolute atomic E-state index is 12.2. The summed E-state index contributed by atoms with van der Waals surface area (Å²) in [6.07, 6.45) is 4.40. The Kier molecular flexibility index (Phi) is 8.77. The molecule has 0 fully saturated rings. The number of hydrogen-bond acceptors (Lipinski definition) is 7. The normalized spacial score (nSPS) is 11.0. The highest BCUT2D eigenvalue weighted by atomic mass is 16.6. The number of nitrogens with zero attached hydrogens (tertiary/aromatic N) is 2. The molecule has 0 aliphatic heterocycles. The third-order valence-electron chi connectivity index (χ3n) is 4.94. The van der Waals surface area contributed by atoms with Gasteiger partial charge in [-0.25, -0.2) is 14.6 Å². The van der Waals surface area contributed by atoms with Gasteiger partial charge in [0.2, 0.25) is 0 Å². The van der Waals surface area contributed by atoms with Gasteiger partial charge in [0.05, 0.1) is 6.42 Å². The smallest absolute Gasteiger partial charge is 0.407 e. The van der Waals surface area contributed by atoms with Crippen LogP contribution in [0, 0.1) is 0 Å². The summed E-state index contributed by atoms with van der Waals surface area (Å²) in [4.78, 5) is 44.4. The lowest BCUT2D eigenvalue weighted by molar-refractivity contribution is -0.155. The van der Waals surface area contributed by atoms with E-state index >= 15 is 0 Å². The van der Waals surface area contributed by atoms with Gasteiger partial charge in [-0.05, 0) is 68.0 Å². The van der Waals surface area contributed by atoms with Gasteiger partial charge in [0.1, 0.15) is 18.0 Å². The minimum Gasteiger partial charge on any atom is -0.460 e. The van der Waals surface area contributed by atoms with Gasteiger partial charge < -0.3 is 20.1 Å². The SMILES string of the molecule is CCNC(=O)Nc1cc2c(-c3ccncc3)ccc(CNC(=O)OCCC(=O)OC(C)(C)C)c2cn1.